The van der Waals surface area contributed by atoms with Crippen LogP contribution >= 0.6 is 0 Å². The fourth-order valence-corrected chi connectivity index (χ4v) is 3.98. The Morgan fingerprint density at radius 1 is 1.16 bits per heavy atom. The Balaban J connectivity index is 1.62. The maximum Gasteiger partial charge on any atom is 0.174 e. The Kier molecular flexibility index (Phi) is 5.21. The summed E-state index contributed by atoms with van der Waals surface area (Å²) in [5.41, 5.74) is 2.75. The summed E-state index contributed by atoms with van der Waals surface area (Å²) >= 11 is 0. The van der Waals surface area contributed by atoms with Crippen LogP contribution in [0.5, 0.6) is 23.0 Å². The number of epoxide rings is 1. The van der Waals surface area contributed by atoms with Gasteiger partial charge in [0.05, 0.1) is 18.1 Å². The van der Waals surface area contributed by atoms with Crippen molar-refractivity contribution < 1.29 is 29.6 Å². The van der Waals surface area contributed by atoms with Crippen LogP contribution in [0, 0.1) is 0 Å². The molecule has 0 spiro atoms. The lowest BCUT2D eigenvalue weighted by Gasteiger charge is -2.27. The molecule has 6 nitrogen and oxygen atoms in total. The molecule has 1 saturated heterocycles. The molecule has 0 radical (unpaired) electrons. The molecule has 6 heteroatoms. The number of hydrogen-bond acceptors (Lipinski definition) is 6. The number of rotatable bonds is 5. The van der Waals surface area contributed by atoms with E-state index < -0.39 is 6.10 Å². The molecular formula is C25H28O6. The van der Waals surface area contributed by atoms with Gasteiger partial charge in [0.2, 0.25) is 0 Å². The Hall–Kier alpha value is -2.99. The largest absolute Gasteiger partial charge is 0.508 e. The van der Waals surface area contributed by atoms with Crippen molar-refractivity contribution in [3.63, 3.8) is 0 Å². The van der Waals surface area contributed by atoms with Crippen LogP contribution in [0.4, 0.5) is 0 Å². The normalized spacial score (nSPS) is 21.2. The zero-order valence-corrected chi connectivity index (χ0v) is 18.2. The summed E-state index contributed by atoms with van der Waals surface area (Å²) in [4.78, 5) is 12.9. The highest BCUT2D eigenvalue weighted by Gasteiger charge is 2.47. The first kappa shape index (κ1) is 21.2. The van der Waals surface area contributed by atoms with E-state index in [0.29, 0.717) is 18.4 Å². The number of ether oxygens (including phenoxy) is 2. The lowest BCUT2D eigenvalue weighted by molar-refractivity contribution is 0.0844. The first-order valence-corrected chi connectivity index (χ1v) is 10.5. The standard InChI is InChI=1S/C25H28O6/c1-13(2)5-7-16-18(27)11-21-23(24(16)29)19(28)12-20(30-21)14-6-8-17(26)15(9-14)10-22-25(3,4)31-22/h5-6,8-9,11,20,22,26-27,29H,7,10,12H2,1-4H3. The second kappa shape index (κ2) is 7.61. The molecule has 0 aliphatic carbocycles. The van der Waals surface area contributed by atoms with Gasteiger partial charge in [-0.2, -0.15) is 0 Å². The van der Waals surface area contributed by atoms with Gasteiger partial charge < -0.3 is 24.8 Å². The minimum absolute atomic E-state index is 0.0383. The van der Waals surface area contributed by atoms with Gasteiger partial charge in [0, 0.05) is 18.1 Å². The molecular weight excluding hydrogens is 396 g/mol. The summed E-state index contributed by atoms with van der Waals surface area (Å²) in [5.74, 6) is -0.240. The van der Waals surface area contributed by atoms with E-state index in [4.69, 9.17) is 9.47 Å². The van der Waals surface area contributed by atoms with Crippen LogP contribution in [0.1, 0.15) is 67.3 Å². The van der Waals surface area contributed by atoms with E-state index in [2.05, 4.69) is 0 Å². The average Bonchev–Trinajstić information content (AvgIpc) is 3.28. The third-order valence-corrected chi connectivity index (χ3v) is 6.02. The van der Waals surface area contributed by atoms with E-state index in [1.54, 1.807) is 12.1 Å². The Labute approximate surface area is 181 Å². The van der Waals surface area contributed by atoms with Crippen molar-refractivity contribution in [1.82, 2.24) is 0 Å². The van der Waals surface area contributed by atoms with Gasteiger partial charge in [-0.15, -0.1) is 0 Å². The van der Waals surface area contributed by atoms with Crippen molar-refractivity contribution >= 4 is 5.78 Å². The van der Waals surface area contributed by atoms with E-state index in [9.17, 15) is 20.1 Å². The fraction of sp³-hybridized carbons (Fsp3) is 0.400. The Morgan fingerprint density at radius 3 is 2.52 bits per heavy atom. The van der Waals surface area contributed by atoms with Gasteiger partial charge in [-0.05, 0) is 57.4 Å². The van der Waals surface area contributed by atoms with Gasteiger partial charge in [-0.25, -0.2) is 0 Å². The molecule has 2 aromatic rings. The van der Waals surface area contributed by atoms with Gasteiger partial charge in [0.25, 0.3) is 0 Å². The third-order valence-electron chi connectivity index (χ3n) is 6.02. The van der Waals surface area contributed by atoms with Gasteiger partial charge in [0.15, 0.2) is 5.78 Å². The molecule has 0 bridgehead atoms. The molecule has 3 N–H and O–H groups in total. The molecule has 164 valence electrons. The maximum atomic E-state index is 12.9. The number of fused-ring (bicyclic) bond motifs is 1. The topological polar surface area (TPSA) is 99.5 Å². The first-order chi connectivity index (χ1) is 14.6. The predicted molar refractivity (Wildman–Crippen MR) is 116 cm³/mol. The summed E-state index contributed by atoms with van der Waals surface area (Å²) in [6.45, 7) is 7.85. The summed E-state index contributed by atoms with van der Waals surface area (Å²) in [5, 5.41) is 31.3. The van der Waals surface area contributed by atoms with Crippen molar-refractivity contribution in [1.29, 1.82) is 0 Å². The monoisotopic (exact) mass is 424 g/mol. The second-order valence-corrected chi connectivity index (χ2v) is 9.12. The highest BCUT2D eigenvalue weighted by atomic mass is 16.6. The number of ketones is 1. The molecule has 31 heavy (non-hydrogen) atoms. The quantitative estimate of drug-likeness (QED) is 0.474. The number of allylic oxidation sites excluding steroid dienone is 2. The van der Waals surface area contributed by atoms with Crippen LogP contribution < -0.4 is 4.74 Å². The number of carbonyl (C=O) groups is 1. The number of phenols is 3. The third kappa shape index (κ3) is 4.12. The van der Waals surface area contributed by atoms with E-state index in [-0.39, 0.29) is 52.5 Å². The number of benzene rings is 2. The van der Waals surface area contributed by atoms with Crippen molar-refractivity contribution in [2.75, 3.05) is 0 Å². The van der Waals surface area contributed by atoms with Crippen LogP contribution in [0.15, 0.2) is 35.9 Å². The number of carbonyl (C=O) groups excluding carboxylic acids is 1. The highest BCUT2D eigenvalue weighted by molar-refractivity contribution is 6.03. The summed E-state index contributed by atoms with van der Waals surface area (Å²) in [7, 11) is 0. The van der Waals surface area contributed by atoms with Crippen LogP contribution in [0.2, 0.25) is 0 Å². The Bertz CT molecular complexity index is 1080. The van der Waals surface area contributed by atoms with E-state index in [0.717, 1.165) is 16.7 Å². The smallest absolute Gasteiger partial charge is 0.174 e. The van der Waals surface area contributed by atoms with Crippen molar-refractivity contribution in [3.05, 3.63) is 58.2 Å². The van der Waals surface area contributed by atoms with Gasteiger partial charge in [-0.3, -0.25) is 4.79 Å². The molecule has 4 rings (SSSR count). The minimum Gasteiger partial charge on any atom is -0.508 e. The first-order valence-electron chi connectivity index (χ1n) is 10.5. The number of hydrogen-bond donors (Lipinski definition) is 3. The van der Waals surface area contributed by atoms with Crippen LogP contribution in [0.3, 0.4) is 0 Å². The van der Waals surface area contributed by atoms with Crippen LogP contribution in [-0.2, 0) is 17.6 Å². The predicted octanol–water partition coefficient (Wildman–Crippen LogP) is 4.74. The van der Waals surface area contributed by atoms with Gasteiger partial charge in [0.1, 0.15) is 34.7 Å². The highest BCUT2D eigenvalue weighted by Crippen LogP contribution is 2.45. The molecule has 0 saturated carbocycles. The molecule has 1 fully saturated rings. The van der Waals surface area contributed by atoms with Crippen LogP contribution in [0.25, 0.3) is 0 Å². The number of Topliss-reactive ketones (excluding diaryl/α,β-unsaturated/α-hetero) is 1. The van der Waals surface area contributed by atoms with Gasteiger partial charge in [-0.1, -0.05) is 17.7 Å². The molecule has 2 aliphatic heterocycles. The molecule has 2 heterocycles. The zero-order chi connectivity index (χ0) is 22.5. The lowest BCUT2D eigenvalue weighted by atomic mass is 9.91. The van der Waals surface area contributed by atoms with Gasteiger partial charge >= 0.3 is 0 Å². The molecule has 0 amide bonds. The maximum absolute atomic E-state index is 12.9. The molecule has 2 aliphatic rings. The van der Waals surface area contributed by atoms with E-state index in [1.807, 2.05) is 39.8 Å². The second-order valence-electron chi connectivity index (χ2n) is 9.12. The molecule has 2 aromatic carbocycles. The SMILES string of the molecule is CC(C)=CCc1c(O)cc2c(c1O)C(=O)CC(c1ccc(O)c(CC3OC3(C)C)c1)O2. The fourth-order valence-electron chi connectivity index (χ4n) is 3.98. The lowest BCUT2D eigenvalue weighted by Crippen LogP contribution is -2.21. The Morgan fingerprint density at radius 2 is 1.87 bits per heavy atom. The van der Waals surface area contributed by atoms with Crippen molar-refractivity contribution in [2.24, 2.45) is 0 Å². The summed E-state index contributed by atoms with van der Waals surface area (Å²) in [6.07, 6.45) is 2.29. The van der Waals surface area contributed by atoms with Crippen LogP contribution in [-0.4, -0.2) is 32.8 Å². The average molecular weight is 424 g/mol. The minimum atomic E-state index is -0.574. The summed E-state index contributed by atoms with van der Waals surface area (Å²) in [6, 6.07) is 6.55. The zero-order valence-electron chi connectivity index (χ0n) is 18.2. The molecule has 0 aromatic heterocycles. The summed E-state index contributed by atoms with van der Waals surface area (Å²) < 4.78 is 11.6. The van der Waals surface area contributed by atoms with Crippen molar-refractivity contribution in [3.8, 4) is 23.0 Å². The van der Waals surface area contributed by atoms with Crippen molar-refractivity contribution in [2.45, 2.75) is 64.8 Å². The molecule has 2 atom stereocenters. The number of aromatic hydroxyl groups is 3. The van der Waals surface area contributed by atoms with E-state index >= 15 is 0 Å². The van der Waals surface area contributed by atoms with E-state index in [1.165, 1.54) is 6.07 Å². The number of phenolic OH excluding ortho intramolecular Hbond substituents is 3. The molecule has 2 unspecified atom stereocenters.